The predicted molar refractivity (Wildman–Crippen MR) is 164 cm³/mol. The SMILES string of the molecule is CCN1C(=O)C(NC(=O)N2CCCCC2)C(c2ccc(F)cc2)c2c(C(=O)N3CCCC3C#N)nn(-c3ccccc3)c21.FC(F)F. The number of aromatic nitrogens is 2. The number of nitrogens with zero attached hydrogens (tertiary/aromatic N) is 6. The molecule has 3 aliphatic rings. The molecule has 4 amide bonds. The quantitative estimate of drug-likeness (QED) is 0.372. The highest BCUT2D eigenvalue weighted by atomic mass is 19.4. The molecule has 0 bridgehead atoms. The third-order valence-corrected chi connectivity index (χ3v) is 8.66. The van der Waals surface area contributed by atoms with E-state index in [0.29, 0.717) is 55.1 Å². The Morgan fingerprint density at radius 3 is 2.28 bits per heavy atom. The summed E-state index contributed by atoms with van der Waals surface area (Å²) in [6.07, 6.45) is 4.08. The van der Waals surface area contributed by atoms with E-state index in [4.69, 9.17) is 5.10 Å². The Labute approximate surface area is 269 Å². The molecule has 10 nitrogen and oxygen atoms in total. The van der Waals surface area contributed by atoms with Gasteiger partial charge in [-0.15, -0.1) is 0 Å². The Morgan fingerprint density at radius 1 is 1.00 bits per heavy atom. The van der Waals surface area contributed by atoms with Gasteiger partial charge in [-0.3, -0.25) is 14.5 Å². The third-order valence-electron chi connectivity index (χ3n) is 8.66. The summed E-state index contributed by atoms with van der Waals surface area (Å²) >= 11 is 0. The van der Waals surface area contributed by atoms with Crippen LogP contribution in [0.3, 0.4) is 0 Å². The first kappa shape index (κ1) is 33.4. The van der Waals surface area contributed by atoms with Crippen LogP contribution in [0.25, 0.3) is 5.69 Å². The second-order valence-electron chi connectivity index (χ2n) is 11.5. The fourth-order valence-electron chi connectivity index (χ4n) is 6.54. The number of rotatable bonds is 5. The normalized spacial score (nSPS) is 20.7. The van der Waals surface area contributed by atoms with E-state index in [1.165, 1.54) is 17.0 Å². The van der Waals surface area contributed by atoms with E-state index in [1.54, 1.807) is 26.6 Å². The van der Waals surface area contributed by atoms with E-state index < -0.39 is 36.4 Å². The number of alkyl halides is 3. The number of nitriles is 1. The van der Waals surface area contributed by atoms with Crippen molar-refractivity contribution in [2.75, 3.05) is 31.1 Å². The molecule has 4 heterocycles. The Hall–Kier alpha value is -4.93. The molecule has 0 aliphatic carbocycles. The minimum Gasteiger partial charge on any atom is -0.325 e. The lowest BCUT2D eigenvalue weighted by Gasteiger charge is -2.39. The monoisotopic (exact) mass is 653 g/mol. The maximum absolute atomic E-state index is 14.3. The molecule has 6 rings (SSSR count). The second kappa shape index (κ2) is 14.7. The number of fused-ring (bicyclic) bond motifs is 1. The zero-order valence-corrected chi connectivity index (χ0v) is 25.8. The van der Waals surface area contributed by atoms with Crippen LogP contribution in [0, 0.1) is 17.1 Å². The highest BCUT2D eigenvalue weighted by molar-refractivity contribution is 6.06. The van der Waals surface area contributed by atoms with Crippen molar-refractivity contribution in [3.8, 4) is 11.8 Å². The first-order chi connectivity index (χ1) is 22.7. The highest BCUT2D eigenvalue weighted by Gasteiger charge is 2.48. The van der Waals surface area contributed by atoms with Crippen LogP contribution in [0.1, 0.15) is 66.6 Å². The van der Waals surface area contributed by atoms with Crippen molar-refractivity contribution in [1.82, 2.24) is 24.9 Å². The minimum absolute atomic E-state index is 0.110. The van der Waals surface area contributed by atoms with Crippen molar-refractivity contribution >= 4 is 23.7 Å². The molecule has 1 N–H and O–H groups in total. The number of carbonyl (C=O) groups excluding carboxylic acids is 3. The first-order valence-electron chi connectivity index (χ1n) is 15.6. The summed E-state index contributed by atoms with van der Waals surface area (Å²) in [6, 6.07) is 15.2. The average molecular weight is 654 g/mol. The van der Waals surface area contributed by atoms with Crippen LogP contribution in [-0.2, 0) is 4.79 Å². The largest absolute Gasteiger partial charge is 0.379 e. The molecule has 47 heavy (non-hydrogen) atoms. The van der Waals surface area contributed by atoms with Crippen LogP contribution < -0.4 is 10.2 Å². The Balaban J connectivity index is 0.00000103. The molecule has 0 spiro atoms. The summed E-state index contributed by atoms with van der Waals surface area (Å²) in [5, 5.41) is 17.6. The van der Waals surface area contributed by atoms with Gasteiger partial charge in [0, 0.05) is 37.7 Å². The fraction of sp³-hybridized carbons (Fsp3) is 0.424. The lowest BCUT2D eigenvalue weighted by Crippen LogP contribution is -2.58. The molecule has 0 saturated carbocycles. The number of urea groups is 1. The van der Waals surface area contributed by atoms with Crippen LogP contribution in [0.4, 0.5) is 28.2 Å². The number of piperidine rings is 1. The van der Waals surface area contributed by atoms with E-state index in [-0.39, 0.29) is 24.2 Å². The maximum Gasteiger partial charge on any atom is 0.379 e. The van der Waals surface area contributed by atoms with Crippen LogP contribution in [0.15, 0.2) is 54.6 Å². The van der Waals surface area contributed by atoms with Gasteiger partial charge in [-0.1, -0.05) is 30.3 Å². The van der Waals surface area contributed by atoms with Gasteiger partial charge in [0.1, 0.15) is 23.7 Å². The Morgan fingerprint density at radius 2 is 1.66 bits per heavy atom. The lowest BCUT2D eigenvalue weighted by atomic mass is 9.80. The zero-order valence-electron chi connectivity index (χ0n) is 25.8. The number of carbonyl (C=O) groups is 3. The number of hydrogen-bond acceptors (Lipinski definition) is 5. The molecule has 3 unspecified atom stereocenters. The number of amides is 4. The van der Waals surface area contributed by atoms with Crippen LogP contribution in [0.2, 0.25) is 0 Å². The topological polar surface area (TPSA) is 115 Å². The van der Waals surface area contributed by atoms with E-state index in [0.717, 1.165) is 19.3 Å². The molecular formula is C33H35F4N7O3. The summed E-state index contributed by atoms with van der Waals surface area (Å²) in [6.45, 7) is 0.0265. The van der Waals surface area contributed by atoms with E-state index in [2.05, 4.69) is 11.4 Å². The Bertz CT molecular complexity index is 1620. The average Bonchev–Trinajstić information content (AvgIpc) is 3.72. The first-order valence-corrected chi connectivity index (χ1v) is 15.6. The smallest absolute Gasteiger partial charge is 0.325 e. The molecule has 3 aromatic rings. The molecule has 2 aromatic carbocycles. The predicted octanol–water partition coefficient (Wildman–Crippen LogP) is 5.38. The van der Waals surface area contributed by atoms with E-state index >= 15 is 0 Å². The van der Waals surface area contributed by atoms with Gasteiger partial charge in [-0.2, -0.15) is 23.5 Å². The Kier molecular flexibility index (Phi) is 10.4. The van der Waals surface area contributed by atoms with Crippen molar-refractivity contribution in [1.29, 1.82) is 5.26 Å². The van der Waals surface area contributed by atoms with Gasteiger partial charge >= 0.3 is 12.7 Å². The number of para-hydroxylation sites is 1. The van der Waals surface area contributed by atoms with Gasteiger partial charge in [-0.25, -0.2) is 13.9 Å². The number of nitrogens with one attached hydrogen (secondary N) is 1. The number of halogens is 4. The van der Waals surface area contributed by atoms with Gasteiger partial charge in [-0.05, 0) is 68.9 Å². The molecule has 2 saturated heterocycles. The van der Waals surface area contributed by atoms with Gasteiger partial charge < -0.3 is 15.1 Å². The highest BCUT2D eigenvalue weighted by Crippen LogP contribution is 2.44. The fourth-order valence-corrected chi connectivity index (χ4v) is 6.54. The number of hydrogen-bond donors (Lipinski definition) is 1. The van der Waals surface area contributed by atoms with Crippen molar-refractivity contribution in [2.45, 2.75) is 63.7 Å². The van der Waals surface area contributed by atoms with E-state index in [9.17, 15) is 37.2 Å². The molecule has 3 aliphatic heterocycles. The molecule has 14 heteroatoms. The van der Waals surface area contributed by atoms with E-state index in [1.807, 2.05) is 37.3 Å². The number of anilines is 1. The summed E-state index contributed by atoms with van der Waals surface area (Å²) in [5.74, 6) is -1.61. The van der Waals surface area contributed by atoms with Gasteiger partial charge in [0.25, 0.3) is 11.8 Å². The molecule has 3 atom stereocenters. The van der Waals surface area contributed by atoms with Crippen LogP contribution >= 0.6 is 0 Å². The van der Waals surface area contributed by atoms with Gasteiger partial charge in [0.15, 0.2) is 5.69 Å². The summed E-state index contributed by atoms with van der Waals surface area (Å²) in [7, 11) is 0. The van der Waals surface area contributed by atoms with Crippen LogP contribution in [0.5, 0.6) is 0 Å². The number of benzene rings is 2. The standard InChI is InChI=1S/C32H34FN7O3.CHF3/c1-2-38-29-26(28(31(42)39-19-9-12-24(39)20-34)36-40(29)23-10-5-3-6-11-23)25(21-13-15-22(33)16-14-21)27(30(38)41)35-32(43)37-17-7-4-8-18-37;2-1(3)4/h3,5-6,10-11,13-16,24-25,27H,2,4,7-9,12,17-19H2,1H3,(H,35,43);1H. The van der Waals surface area contributed by atoms with Crippen molar-refractivity contribution < 1.29 is 31.9 Å². The van der Waals surface area contributed by atoms with Crippen molar-refractivity contribution in [3.63, 3.8) is 0 Å². The maximum atomic E-state index is 14.3. The van der Waals surface area contributed by atoms with Gasteiger partial charge in [0.2, 0.25) is 0 Å². The molecule has 248 valence electrons. The van der Waals surface area contributed by atoms with Crippen molar-refractivity contribution in [2.24, 2.45) is 0 Å². The molecule has 0 radical (unpaired) electrons. The summed E-state index contributed by atoms with van der Waals surface area (Å²) in [4.78, 5) is 46.9. The minimum atomic E-state index is -3.67. The number of likely N-dealkylation sites (tertiary alicyclic amines) is 2. The molecule has 2 fully saturated rings. The van der Waals surface area contributed by atoms with Crippen LogP contribution in [-0.4, -0.2) is 82.4 Å². The summed E-state index contributed by atoms with van der Waals surface area (Å²) < 4.78 is 44.8. The summed E-state index contributed by atoms with van der Waals surface area (Å²) in [5.41, 5.74) is 1.79. The lowest BCUT2D eigenvalue weighted by molar-refractivity contribution is -0.121. The zero-order chi connectivity index (χ0) is 33.7. The molecular weight excluding hydrogens is 618 g/mol. The number of likely N-dealkylation sites (N-methyl/N-ethyl adjacent to an activating group) is 1. The van der Waals surface area contributed by atoms with Gasteiger partial charge in [0.05, 0.1) is 11.8 Å². The third kappa shape index (κ3) is 6.94. The molecule has 1 aromatic heterocycles. The second-order valence-corrected chi connectivity index (χ2v) is 11.5. The van der Waals surface area contributed by atoms with Crippen molar-refractivity contribution in [3.05, 3.63) is 77.2 Å².